The van der Waals surface area contributed by atoms with E-state index in [4.69, 9.17) is 0 Å². The molecule has 11 nitrogen and oxygen atoms in total. The smallest absolute Gasteiger partial charge is 0.307 e. The Labute approximate surface area is 400 Å². The Kier molecular flexibility index (Phi) is 12.9. The molecule has 0 saturated heterocycles. The first-order valence-corrected chi connectivity index (χ1v) is 27.5. The maximum absolute atomic E-state index is 12.7. The van der Waals surface area contributed by atoms with E-state index < -0.39 is 46.1 Å². The average Bonchev–Trinajstić information content (AvgIpc) is 3.73. The fourth-order valence-corrected chi connectivity index (χ4v) is 14.0. The van der Waals surface area contributed by atoms with E-state index in [1.165, 1.54) is 29.5 Å². The van der Waals surface area contributed by atoms with Gasteiger partial charge in [-0.1, -0.05) is 102 Å². The lowest BCUT2D eigenvalue weighted by Crippen LogP contribution is -2.12. The van der Waals surface area contributed by atoms with E-state index in [0.29, 0.717) is 10.4 Å². The van der Waals surface area contributed by atoms with E-state index in [1.54, 1.807) is 41.7 Å². The summed E-state index contributed by atoms with van der Waals surface area (Å²) in [5.41, 5.74) is 6.50. The predicted octanol–water partition coefficient (Wildman–Crippen LogP) is 11.9. The van der Waals surface area contributed by atoms with Crippen LogP contribution in [0.3, 0.4) is 0 Å². The first-order valence-electron chi connectivity index (χ1n) is 20.7. The van der Waals surface area contributed by atoms with Crippen LogP contribution in [0.1, 0.15) is 41.5 Å². The summed E-state index contributed by atoms with van der Waals surface area (Å²) in [7, 11) is -14.1. The van der Waals surface area contributed by atoms with Crippen LogP contribution in [-0.4, -0.2) is 50.0 Å². The highest BCUT2D eigenvalue weighted by Gasteiger charge is 2.37. The normalized spacial score (nSPS) is 18.8. The summed E-state index contributed by atoms with van der Waals surface area (Å²) in [6, 6.07) is 34.2. The van der Waals surface area contributed by atoms with Gasteiger partial charge in [0.2, 0.25) is 20.9 Å². The molecule has 0 spiro atoms. The number of carboxylic acid groups (broad SMARTS) is 1. The molecule has 3 aliphatic rings. The van der Waals surface area contributed by atoms with Crippen LogP contribution >= 0.6 is 34.9 Å². The number of thioether (sulfide) groups is 2. The van der Waals surface area contributed by atoms with Crippen molar-refractivity contribution in [3.05, 3.63) is 184 Å². The minimum Gasteiger partial charge on any atom is -0.481 e. The molecule has 1 aromatic heterocycles. The zero-order valence-corrected chi connectivity index (χ0v) is 39.9. The second-order valence-corrected chi connectivity index (χ2v) is 23.6. The quantitative estimate of drug-likeness (QED) is 0.0667. The number of aliphatic carboxylic acids is 1. The molecule has 5 aromatic carbocycles. The number of rotatable bonds is 12. The molecule has 2 aliphatic carbocycles. The molecule has 2 unspecified atom stereocenters. The van der Waals surface area contributed by atoms with Gasteiger partial charge in [-0.3, -0.25) is 18.5 Å². The second kappa shape index (κ2) is 18.6. The lowest BCUT2D eigenvalue weighted by Gasteiger charge is -2.28. The Morgan fingerprint density at radius 1 is 0.716 bits per heavy atom. The molecule has 340 valence electrons. The Bertz CT molecular complexity index is 3520. The molecule has 2 heterocycles. The van der Waals surface area contributed by atoms with Gasteiger partial charge in [-0.25, -0.2) is 0 Å². The van der Waals surface area contributed by atoms with Crippen LogP contribution in [0.25, 0.3) is 37.1 Å². The van der Waals surface area contributed by atoms with Gasteiger partial charge in [-0.15, -0.1) is 0 Å². The highest BCUT2D eigenvalue weighted by Crippen LogP contribution is 2.54. The highest BCUT2D eigenvalue weighted by atomic mass is 32.2. The third kappa shape index (κ3) is 10.2. The SMILES string of the molecule is O=C(O)Cc1ccc(SC2=C(/C=C/c3cc(-c4ccc(S(=O)(=O)O)cc4S(=O)(=O)O)[s+]c4ccccc34)C3CCC(C3)/C2=C\C=C2/C=C(c3ccc(S(=O)(=O)O)cc3)Sc3ccccc32)cc1. The molecule has 0 amide bonds. The van der Waals surface area contributed by atoms with E-state index in [9.17, 15) is 48.8 Å². The van der Waals surface area contributed by atoms with Crippen LogP contribution in [0.5, 0.6) is 0 Å². The lowest BCUT2D eigenvalue weighted by atomic mass is 9.84. The van der Waals surface area contributed by atoms with Crippen molar-refractivity contribution < 1.29 is 48.8 Å². The molecule has 1 fully saturated rings. The van der Waals surface area contributed by atoms with E-state index in [0.717, 1.165) is 94.5 Å². The van der Waals surface area contributed by atoms with Gasteiger partial charge >= 0.3 is 5.97 Å². The third-order valence-corrected chi connectivity index (χ3v) is 17.9. The molecule has 2 bridgehead atoms. The van der Waals surface area contributed by atoms with Gasteiger partial charge in [0.15, 0.2) is 0 Å². The number of hydrogen-bond donors (Lipinski definition) is 4. The van der Waals surface area contributed by atoms with E-state index in [2.05, 4.69) is 30.4 Å². The van der Waals surface area contributed by atoms with E-state index in [1.807, 2.05) is 72.8 Å². The first kappa shape index (κ1) is 46.6. The fraction of sp³-hybridized carbons (Fsp3) is 0.120. The van der Waals surface area contributed by atoms with Crippen molar-refractivity contribution >= 4 is 97.8 Å². The van der Waals surface area contributed by atoms with E-state index in [-0.39, 0.29) is 28.7 Å². The summed E-state index contributed by atoms with van der Waals surface area (Å²) < 4.78 is 103. The Balaban J connectivity index is 1.19. The summed E-state index contributed by atoms with van der Waals surface area (Å²) >= 11 is 4.44. The molecule has 2 atom stereocenters. The van der Waals surface area contributed by atoms with Crippen LogP contribution in [0.4, 0.5) is 0 Å². The predicted molar refractivity (Wildman–Crippen MR) is 264 cm³/mol. The van der Waals surface area contributed by atoms with Gasteiger partial charge in [-0.2, -0.15) is 25.3 Å². The van der Waals surface area contributed by atoms with Crippen molar-refractivity contribution in [2.45, 2.75) is 50.2 Å². The zero-order chi connectivity index (χ0) is 47.3. The fourth-order valence-electron chi connectivity index (χ4n) is 8.70. The average molecular weight is 1010 g/mol. The van der Waals surface area contributed by atoms with Crippen molar-refractivity contribution in [2.75, 3.05) is 0 Å². The van der Waals surface area contributed by atoms with Crippen LogP contribution in [0.2, 0.25) is 0 Å². The van der Waals surface area contributed by atoms with Gasteiger partial charge in [0.1, 0.15) is 4.90 Å². The molecule has 4 N–H and O–H groups in total. The summed E-state index contributed by atoms with van der Waals surface area (Å²) in [4.78, 5) is 14.3. The molecular formula is C50H39O11S6+. The highest BCUT2D eigenvalue weighted by molar-refractivity contribution is 8.08. The van der Waals surface area contributed by atoms with Crippen LogP contribution in [0, 0.1) is 11.8 Å². The Morgan fingerprint density at radius 3 is 2.12 bits per heavy atom. The molecule has 1 saturated carbocycles. The van der Waals surface area contributed by atoms with Crippen molar-refractivity contribution in [1.29, 1.82) is 0 Å². The van der Waals surface area contributed by atoms with Gasteiger partial charge in [0.25, 0.3) is 30.4 Å². The first-order chi connectivity index (χ1) is 31.9. The molecule has 0 radical (unpaired) electrons. The van der Waals surface area contributed by atoms with E-state index >= 15 is 0 Å². The molecule has 67 heavy (non-hydrogen) atoms. The monoisotopic (exact) mass is 1010 g/mol. The van der Waals surface area contributed by atoms with Gasteiger partial charge < -0.3 is 5.11 Å². The number of hydrogen-bond acceptors (Lipinski definition) is 9. The zero-order valence-electron chi connectivity index (χ0n) is 35.0. The Hall–Kier alpha value is -5.47. The van der Waals surface area contributed by atoms with Crippen molar-refractivity contribution in [2.24, 2.45) is 11.8 Å². The van der Waals surface area contributed by atoms with Gasteiger partial charge in [-0.05, 0) is 131 Å². The number of benzene rings is 5. The summed E-state index contributed by atoms with van der Waals surface area (Å²) in [6.07, 6.45) is 13.2. The minimum atomic E-state index is -4.94. The maximum atomic E-state index is 12.7. The molecule has 6 aromatic rings. The molecular weight excluding hydrogens is 969 g/mol. The van der Waals surface area contributed by atoms with Gasteiger partial charge in [0, 0.05) is 37.1 Å². The standard InChI is InChI=1S/C50H38O11S6/c51-49(52)25-30-9-17-36(18-10-30)62-50-41(22-15-34-27-46(63-44-7-3-1-5-39(34)44)31-13-19-37(20-14-31)65(53,54)55)32-11-12-33(26-32)42(50)23-16-35-28-47(64-45-8-4-2-6-40(35)45)43-24-21-38(66(56,57)58)29-48(43)67(59,60)61/h1-10,13-24,27-29,32-33H,11-12,25-26H2,(H3-,51,52,53,54,55,56,57,58,59,60,61)/p+1. The Morgan fingerprint density at radius 2 is 1.40 bits per heavy atom. The molecule has 17 heteroatoms. The third-order valence-electron chi connectivity index (χ3n) is 11.9. The molecule has 9 rings (SSSR count). The number of fused-ring (bicyclic) bond motifs is 4. The van der Waals surface area contributed by atoms with Gasteiger partial charge in [0.05, 0.1) is 21.8 Å². The van der Waals surface area contributed by atoms with Crippen molar-refractivity contribution in [3.8, 4) is 10.4 Å². The summed E-state index contributed by atoms with van der Waals surface area (Å²) in [5, 5.41) is 10.3. The summed E-state index contributed by atoms with van der Waals surface area (Å²) in [5.74, 6) is -0.470. The topological polar surface area (TPSA) is 200 Å². The summed E-state index contributed by atoms with van der Waals surface area (Å²) in [6.45, 7) is 0. The number of carboxylic acids is 1. The van der Waals surface area contributed by atoms with Crippen LogP contribution in [-0.2, 0) is 41.6 Å². The van der Waals surface area contributed by atoms with Crippen LogP contribution in [0.15, 0.2) is 186 Å². The number of allylic oxidation sites excluding steroid dienone is 7. The van der Waals surface area contributed by atoms with Crippen molar-refractivity contribution in [1.82, 2.24) is 0 Å². The minimum absolute atomic E-state index is 0.0617. The van der Waals surface area contributed by atoms with Crippen molar-refractivity contribution in [3.63, 3.8) is 0 Å². The maximum Gasteiger partial charge on any atom is 0.307 e. The lowest BCUT2D eigenvalue weighted by molar-refractivity contribution is -0.136. The largest absolute Gasteiger partial charge is 0.481 e. The second-order valence-electron chi connectivity index (χ2n) is 16.2. The molecule has 1 aliphatic heterocycles. The number of carbonyl (C=O) groups is 1. The van der Waals surface area contributed by atoms with Crippen LogP contribution < -0.4 is 0 Å².